The first-order valence-electron chi connectivity index (χ1n) is 11.7. The first-order chi connectivity index (χ1) is 17.5. The van der Waals surface area contributed by atoms with Gasteiger partial charge in [-0.2, -0.15) is 4.39 Å². The number of hydrogen-bond acceptors (Lipinski definition) is 6. The number of anilines is 1. The summed E-state index contributed by atoms with van der Waals surface area (Å²) < 4.78 is 29.7. The lowest BCUT2D eigenvalue weighted by atomic mass is 10.1. The van der Waals surface area contributed by atoms with Crippen molar-refractivity contribution in [3.8, 4) is 35.2 Å². The van der Waals surface area contributed by atoms with Gasteiger partial charge in [-0.1, -0.05) is 23.6 Å². The standard InChI is InChI=1S/C25H23F2N7OS/c1-2-28-24(35)33-12-8-17(9-13-33)30-23-29-10-7-20(31-23)22-21(32-25-34(22)11-4-14-36-25)16-5-3-6-18(26)19(27)15-16/h7,10,15,17H,2,5,8-9,12-14H2,1H3,(H,28,35)(H,29,30,31). The normalized spacial score (nSPS) is 17.2. The number of likely N-dealkylation sites (tertiary alicyclic amines) is 1. The zero-order chi connectivity index (χ0) is 25.1. The number of carbonyl (C=O) groups excluding carboxylic acids is 1. The van der Waals surface area contributed by atoms with Crippen molar-refractivity contribution in [3.63, 3.8) is 0 Å². The fourth-order valence-electron chi connectivity index (χ4n) is 4.20. The van der Waals surface area contributed by atoms with Crippen LogP contribution in [0.5, 0.6) is 0 Å². The van der Waals surface area contributed by atoms with Crippen LogP contribution in [-0.4, -0.2) is 61.9 Å². The molecule has 0 unspecified atom stereocenters. The molecule has 0 saturated carbocycles. The number of amides is 2. The molecule has 4 heterocycles. The van der Waals surface area contributed by atoms with Gasteiger partial charge in [0.15, 0.2) is 11.0 Å². The summed E-state index contributed by atoms with van der Waals surface area (Å²) in [6.07, 6.45) is 4.44. The van der Waals surface area contributed by atoms with E-state index in [1.807, 2.05) is 6.92 Å². The van der Waals surface area contributed by atoms with E-state index in [-0.39, 0.29) is 18.5 Å². The van der Waals surface area contributed by atoms with Crippen LogP contribution in [0, 0.1) is 23.8 Å². The lowest BCUT2D eigenvalue weighted by molar-refractivity contribution is 0.184. The highest BCUT2D eigenvalue weighted by Gasteiger charge is 2.26. The van der Waals surface area contributed by atoms with E-state index in [0.29, 0.717) is 59.1 Å². The van der Waals surface area contributed by atoms with Crippen LogP contribution in [0.15, 0.2) is 35.1 Å². The zero-order valence-corrected chi connectivity index (χ0v) is 20.4. The monoisotopic (exact) mass is 507 g/mol. The summed E-state index contributed by atoms with van der Waals surface area (Å²) in [5.41, 5.74) is 2.07. The number of nitrogens with zero attached hydrogens (tertiary/aromatic N) is 5. The van der Waals surface area contributed by atoms with Gasteiger partial charge in [0.05, 0.1) is 17.1 Å². The van der Waals surface area contributed by atoms with Gasteiger partial charge in [0.1, 0.15) is 5.69 Å². The van der Waals surface area contributed by atoms with E-state index in [1.54, 1.807) is 21.7 Å². The number of rotatable bonds is 5. The van der Waals surface area contributed by atoms with Gasteiger partial charge in [-0.15, -0.1) is 0 Å². The maximum Gasteiger partial charge on any atom is 0.317 e. The topological polar surface area (TPSA) is 88.0 Å². The highest BCUT2D eigenvalue weighted by molar-refractivity contribution is 7.99. The van der Waals surface area contributed by atoms with Crippen molar-refractivity contribution in [1.82, 2.24) is 29.7 Å². The molecule has 3 aliphatic rings. The Kier molecular flexibility index (Phi) is 6.92. The Morgan fingerprint density at radius 2 is 2.08 bits per heavy atom. The van der Waals surface area contributed by atoms with Gasteiger partial charge in [0.2, 0.25) is 11.8 Å². The Bertz CT molecular complexity index is 1380. The molecule has 36 heavy (non-hydrogen) atoms. The number of aromatic nitrogens is 4. The predicted molar refractivity (Wildman–Crippen MR) is 134 cm³/mol. The van der Waals surface area contributed by atoms with E-state index in [2.05, 4.69) is 44.4 Å². The first kappa shape index (κ1) is 23.9. The van der Waals surface area contributed by atoms with E-state index >= 15 is 0 Å². The third-order valence-corrected chi connectivity index (χ3v) is 6.77. The van der Waals surface area contributed by atoms with Crippen LogP contribution < -0.4 is 10.6 Å². The van der Waals surface area contributed by atoms with Crippen LogP contribution in [0.25, 0.3) is 17.0 Å². The second-order valence-electron chi connectivity index (χ2n) is 8.32. The minimum atomic E-state index is -1.09. The number of thioether (sulfide) groups is 1. The number of allylic oxidation sites excluding steroid dienone is 4. The molecule has 0 aromatic carbocycles. The van der Waals surface area contributed by atoms with Crippen molar-refractivity contribution < 1.29 is 13.6 Å². The van der Waals surface area contributed by atoms with Gasteiger partial charge < -0.3 is 15.5 Å². The van der Waals surface area contributed by atoms with Gasteiger partial charge in [-0.05, 0) is 43.4 Å². The van der Waals surface area contributed by atoms with Gasteiger partial charge in [-0.3, -0.25) is 0 Å². The number of piperidine rings is 1. The number of nitrogens with one attached hydrogen (secondary N) is 2. The van der Waals surface area contributed by atoms with Gasteiger partial charge in [0, 0.05) is 44.3 Å². The molecular formula is C25H23F2N7OS. The summed E-state index contributed by atoms with van der Waals surface area (Å²) in [5, 5.41) is 6.86. The number of carbonyl (C=O) groups is 1. The quantitative estimate of drug-likeness (QED) is 0.599. The van der Waals surface area contributed by atoms with Crippen molar-refractivity contribution in [2.75, 3.05) is 30.7 Å². The molecule has 5 rings (SSSR count). The fraction of sp³-hybridized carbons (Fsp3) is 0.360. The smallest absolute Gasteiger partial charge is 0.317 e. The SMILES string of the molecule is CCNC(=O)N1CCC(Nc2nccc(-c3c(C4=CC(F)=C(F)C#CC4)nc4n3C#CCS4)n2)CC1. The number of imidazole rings is 1. The fourth-order valence-corrected chi connectivity index (χ4v) is 4.89. The Labute approximate surface area is 211 Å². The Morgan fingerprint density at radius 1 is 1.25 bits per heavy atom. The van der Waals surface area contributed by atoms with Gasteiger partial charge in [-0.25, -0.2) is 28.7 Å². The van der Waals surface area contributed by atoms with Crippen LogP contribution in [0.4, 0.5) is 19.5 Å². The van der Waals surface area contributed by atoms with Crippen LogP contribution in [0.1, 0.15) is 31.9 Å². The summed E-state index contributed by atoms with van der Waals surface area (Å²) in [7, 11) is 0. The molecule has 0 spiro atoms. The molecule has 0 bridgehead atoms. The van der Waals surface area contributed by atoms with Crippen molar-refractivity contribution in [2.24, 2.45) is 0 Å². The molecule has 8 nitrogen and oxygen atoms in total. The van der Waals surface area contributed by atoms with Crippen LogP contribution in [0.2, 0.25) is 0 Å². The van der Waals surface area contributed by atoms with Crippen molar-refractivity contribution in [2.45, 2.75) is 37.4 Å². The average molecular weight is 508 g/mol. The van der Waals surface area contributed by atoms with Crippen molar-refractivity contribution >= 4 is 29.3 Å². The van der Waals surface area contributed by atoms with E-state index in [4.69, 9.17) is 4.98 Å². The molecule has 2 aliphatic heterocycles. The molecule has 184 valence electrons. The van der Waals surface area contributed by atoms with Gasteiger partial charge >= 0.3 is 6.03 Å². The largest absolute Gasteiger partial charge is 0.351 e. The highest BCUT2D eigenvalue weighted by Crippen LogP contribution is 2.36. The van der Waals surface area contributed by atoms with Crippen LogP contribution in [0.3, 0.4) is 0 Å². The molecule has 0 radical (unpaired) electrons. The summed E-state index contributed by atoms with van der Waals surface area (Å²) >= 11 is 1.47. The number of urea groups is 1. The molecule has 2 amide bonds. The third kappa shape index (κ3) is 4.93. The second-order valence-corrected chi connectivity index (χ2v) is 9.26. The Hall–Kier alpha value is -3.83. The van der Waals surface area contributed by atoms with E-state index in [0.717, 1.165) is 18.9 Å². The maximum absolute atomic E-state index is 14.2. The summed E-state index contributed by atoms with van der Waals surface area (Å²) in [6, 6.07) is 4.88. The molecule has 0 atom stereocenters. The lowest BCUT2D eigenvalue weighted by Crippen LogP contribution is -2.46. The zero-order valence-electron chi connectivity index (χ0n) is 19.6. The third-order valence-electron chi connectivity index (χ3n) is 5.94. The summed E-state index contributed by atoms with van der Waals surface area (Å²) in [6.45, 7) is 3.78. The van der Waals surface area contributed by atoms with Crippen LogP contribution >= 0.6 is 11.8 Å². The number of fused-ring (bicyclic) bond motifs is 1. The van der Waals surface area contributed by atoms with E-state index in [1.165, 1.54) is 11.8 Å². The molecule has 1 fully saturated rings. The minimum absolute atomic E-state index is 0.0464. The number of hydrogen-bond donors (Lipinski definition) is 2. The molecule has 2 aromatic heterocycles. The lowest BCUT2D eigenvalue weighted by Gasteiger charge is -2.32. The van der Waals surface area contributed by atoms with Crippen molar-refractivity contribution in [3.05, 3.63) is 35.7 Å². The molecule has 2 N–H and O–H groups in total. The first-order valence-corrected chi connectivity index (χ1v) is 12.6. The Balaban J connectivity index is 1.42. The molecule has 1 saturated heterocycles. The molecule has 11 heteroatoms. The predicted octanol–water partition coefficient (Wildman–Crippen LogP) is 3.80. The summed E-state index contributed by atoms with van der Waals surface area (Å²) in [4.78, 5) is 27.7. The molecule has 2 aromatic rings. The second kappa shape index (κ2) is 10.4. The molecular weight excluding hydrogens is 484 g/mol. The van der Waals surface area contributed by atoms with E-state index < -0.39 is 11.7 Å². The Morgan fingerprint density at radius 3 is 2.89 bits per heavy atom. The van der Waals surface area contributed by atoms with Gasteiger partial charge in [0.25, 0.3) is 0 Å². The highest BCUT2D eigenvalue weighted by atomic mass is 32.2. The average Bonchev–Trinajstić information content (AvgIpc) is 3.19. The van der Waals surface area contributed by atoms with E-state index in [9.17, 15) is 13.6 Å². The maximum atomic E-state index is 14.2. The minimum Gasteiger partial charge on any atom is -0.351 e. The number of halogens is 2. The van der Waals surface area contributed by atoms with Crippen molar-refractivity contribution in [1.29, 1.82) is 0 Å². The van der Waals surface area contributed by atoms with Crippen LogP contribution in [-0.2, 0) is 0 Å². The summed E-state index contributed by atoms with van der Waals surface area (Å²) in [5.74, 6) is 6.82. The molecule has 1 aliphatic carbocycles.